The van der Waals surface area contributed by atoms with Crippen LogP contribution in [0.5, 0.6) is 11.5 Å². The van der Waals surface area contributed by atoms with Crippen LogP contribution in [0.1, 0.15) is 22.8 Å². The molecule has 5 heteroatoms. The summed E-state index contributed by atoms with van der Waals surface area (Å²) in [5, 5.41) is 3.13. The molecule has 2 aromatic rings. The number of ketones is 1. The van der Waals surface area contributed by atoms with E-state index >= 15 is 0 Å². The highest BCUT2D eigenvalue weighted by Crippen LogP contribution is 2.27. The van der Waals surface area contributed by atoms with E-state index in [0.29, 0.717) is 29.2 Å². The molecule has 0 fully saturated rings. The van der Waals surface area contributed by atoms with E-state index in [4.69, 9.17) is 9.47 Å². The normalized spacial score (nSPS) is 11.1. The van der Waals surface area contributed by atoms with Gasteiger partial charge in [-0.25, -0.2) is 4.39 Å². The van der Waals surface area contributed by atoms with Gasteiger partial charge >= 0.3 is 0 Å². The molecular formula is C20H22FNO3. The van der Waals surface area contributed by atoms with Crippen molar-refractivity contribution in [2.75, 3.05) is 20.8 Å². The lowest BCUT2D eigenvalue weighted by molar-refractivity contribution is 0.103. The molecule has 2 rings (SSSR count). The summed E-state index contributed by atoms with van der Waals surface area (Å²) in [6.45, 7) is 2.40. The summed E-state index contributed by atoms with van der Waals surface area (Å²) in [6.07, 6.45) is 2.46. The zero-order chi connectivity index (χ0) is 18.2. The molecular weight excluding hydrogens is 321 g/mol. The average Bonchev–Trinajstić information content (AvgIpc) is 2.64. The first kappa shape index (κ1) is 18.5. The molecule has 0 amide bonds. The second kappa shape index (κ2) is 8.87. The van der Waals surface area contributed by atoms with Crippen LogP contribution in [-0.2, 0) is 6.42 Å². The summed E-state index contributed by atoms with van der Waals surface area (Å²) in [6, 6.07) is 11.3. The van der Waals surface area contributed by atoms with Crippen molar-refractivity contribution in [1.82, 2.24) is 5.32 Å². The molecule has 0 atom stereocenters. The van der Waals surface area contributed by atoms with Crippen molar-refractivity contribution in [2.45, 2.75) is 13.3 Å². The summed E-state index contributed by atoms with van der Waals surface area (Å²) < 4.78 is 23.4. The van der Waals surface area contributed by atoms with Gasteiger partial charge in [0.25, 0.3) is 0 Å². The number of rotatable bonds is 8. The van der Waals surface area contributed by atoms with Crippen molar-refractivity contribution in [3.63, 3.8) is 0 Å². The maximum atomic E-state index is 12.9. The quantitative estimate of drug-likeness (QED) is 0.450. The molecule has 0 heterocycles. The van der Waals surface area contributed by atoms with Crippen LogP contribution in [0.4, 0.5) is 4.39 Å². The van der Waals surface area contributed by atoms with Crippen LogP contribution < -0.4 is 14.8 Å². The first-order valence-electron chi connectivity index (χ1n) is 7.96. The Kier molecular flexibility index (Phi) is 6.57. The van der Waals surface area contributed by atoms with E-state index in [-0.39, 0.29) is 11.6 Å². The number of carbonyl (C=O) groups is 1. The minimum atomic E-state index is -0.355. The van der Waals surface area contributed by atoms with Crippen LogP contribution in [0.15, 0.2) is 54.2 Å². The van der Waals surface area contributed by atoms with Gasteiger partial charge in [-0.05, 0) is 55.3 Å². The van der Waals surface area contributed by atoms with E-state index < -0.39 is 0 Å². The molecule has 0 spiro atoms. The number of ether oxygens (including phenoxy) is 2. The average molecular weight is 343 g/mol. The van der Waals surface area contributed by atoms with E-state index in [1.54, 1.807) is 27.3 Å². The number of hydrogen-bond acceptors (Lipinski definition) is 4. The molecule has 0 saturated carbocycles. The van der Waals surface area contributed by atoms with E-state index in [1.807, 2.05) is 18.2 Å². The van der Waals surface area contributed by atoms with Gasteiger partial charge in [-0.3, -0.25) is 4.79 Å². The van der Waals surface area contributed by atoms with Gasteiger partial charge in [0.05, 0.1) is 14.2 Å². The molecule has 2 aromatic carbocycles. The van der Waals surface area contributed by atoms with Crippen LogP contribution in [0, 0.1) is 5.82 Å². The van der Waals surface area contributed by atoms with Gasteiger partial charge in [-0.15, -0.1) is 0 Å². The number of halogens is 1. The second-order valence-electron chi connectivity index (χ2n) is 5.56. The van der Waals surface area contributed by atoms with E-state index in [2.05, 4.69) is 5.32 Å². The summed E-state index contributed by atoms with van der Waals surface area (Å²) in [4.78, 5) is 12.2. The standard InChI is InChI=1S/C20H22FNO3/c1-14(20(23)16-5-7-17(21)8-6-16)13-22-11-10-15-4-9-18(24-2)19(12-15)25-3/h4-9,12-13,22H,10-11H2,1-3H3. The lowest BCUT2D eigenvalue weighted by Gasteiger charge is -2.10. The third-order valence-corrected chi connectivity index (χ3v) is 3.79. The molecule has 25 heavy (non-hydrogen) atoms. The van der Waals surface area contributed by atoms with Gasteiger partial charge < -0.3 is 14.8 Å². The van der Waals surface area contributed by atoms with Crippen molar-refractivity contribution in [3.05, 3.63) is 71.2 Å². The fraction of sp³-hybridized carbons (Fsp3) is 0.250. The van der Waals surface area contributed by atoms with Gasteiger partial charge in [0.15, 0.2) is 17.3 Å². The summed E-state index contributed by atoms with van der Waals surface area (Å²) in [5.74, 6) is 0.905. The molecule has 0 bridgehead atoms. The number of nitrogens with one attached hydrogen (secondary N) is 1. The van der Waals surface area contributed by atoms with Crippen molar-refractivity contribution in [2.24, 2.45) is 0 Å². The van der Waals surface area contributed by atoms with E-state index in [1.165, 1.54) is 24.3 Å². The highest BCUT2D eigenvalue weighted by Gasteiger charge is 2.08. The van der Waals surface area contributed by atoms with Crippen LogP contribution in [-0.4, -0.2) is 26.5 Å². The summed E-state index contributed by atoms with van der Waals surface area (Å²) in [7, 11) is 3.21. The molecule has 0 saturated heterocycles. The molecule has 1 N–H and O–H groups in total. The topological polar surface area (TPSA) is 47.6 Å². The van der Waals surface area contributed by atoms with Crippen molar-refractivity contribution >= 4 is 5.78 Å². The third-order valence-electron chi connectivity index (χ3n) is 3.79. The number of methoxy groups -OCH3 is 2. The Morgan fingerprint density at radius 1 is 1.08 bits per heavy atom. The largest absolute Gasteiger partial charge is 0.493 e. The second-order valence-corrected chi connectivity index (χ2v) is 5.56. The molecule has 0 unspecified atom stereocenters. The van der Waals surface area contributed by atoms with Crippen molar-refractivity contribution in [1.29, 1.82) is 0 Å². The SMILES string of the molecule is COc1ccc(CCNC=C(C)C(=O)c2ccc(F)cc2)cc1OC. The predicted octanol–water partition coefficient (Wildman–Crippen LogP) is 3.76. The molecule has 0 radical (unpaired) electrons. The third kappa shape index (κ3) is 5.08. The maximum Gasteiger partial charge on any atom is 0.190 e. The fourth-order valence-electron chi connectivity index (χ4n) is 2.37. The Morgan fingerprint density at radius 2 is 1.76 bits per heavy atom. The van der Waals surface area contributed by atoms with Crippen molar-refractivity contribution < 1.29 is 18.7 Å². The number of benzene rings is 2. The number of carbonyl (C=O) groups excluding carboxylic acids is 1. The highest BCUT2D eigenvalue weighted by molar-refractivity contribution is 6.08. The Morgan fingerprint density at radius 3 is 2.40 bits per heavy atom. The van der Waals surface area contributed by atoms with Crippen LogP contribution >= 0.6 is 0 Å². The minimum absolute atomic E-state index is 0.126. The van der Waals surface area contributed by atoms with Crippen LogP contribution in [0.2, 0.25) is 0 Å². The van der Waals surface area contributed by atoms with E-state index in [9.17, 15) is 9.18 Å². The Balaban J connectivity index is 1.90. The molecule has 0 aliphatic heterocycles. The van der Waals surface area contributed by atoms with Gasteiger partial charge in [0, 0.05) is 23.9 Å². The number of hydrogen-bond donors (Lipinski definition) is 1. The van der Waals surface area contributed by atoms with E-state index in [0.717, 1.165) is 12.0 Å². The highest BCUT2D eigenvalue weighted by atomic mass is 19.1. The summed E-state index contributed by atoms with van der Waals surface area (Å²) >= 11 is 0. The Labute approximate surface area is 147 Å². The zero-order valence-corrected chi connectivity index (χ0v) is 14.6. The number of allylic oxidation sites excluding steroid dienone is 1. The van der Waals surface area contributed by atoms with Gasteiger partial charge in [0.1, 0.15) is 5.82 Å². The molecule has 132 valence electrons. The lowest BCUT2D eigenvalue weighted by Crippen LogP contribution is -2.13. The Bertz CT molecular complexity index is 754. The minimum Gasteiger partial charge on any atom is -0.493 e. The number of Topliss-reactive ketones (excluding diaryl/α,β-unsaturated/α-hetero) is 1. The molecule has 0 aromatic heterocycles. The van der Waals surface area contributed by atoms with Gasteiger partial charge in [0.2, 0.25) is 0 Å². The first-order chi connectivity index (χ1) is 12.0. The van der Waals surface area contributed by atoms with Crippen LogP contribution in [0.25, 0.3) is 0 Å². The molecule has 0 aliphatic rings. The van der Waals surface area contributed by atoms with Crippen molar-refractivity contribution in [3.8, 4) is 11.5 Å². The maximum absolute atomic E-state index is 12.9. The first-order valence-corrected chi connectivity index (χ1v) is 7.96. The predicted molar refractivity (Wildman–Crippen MR) is 95.7 cm³/mol. The molecule has 4 nitrogen and oxygen atoms in total. The molecule has 0 aliphatic carbocycles. The zero-order valence-electron chi connectivity index (χ0n) is 14.6. The smallest absolute Gasteiger partial charge is 0.190 e. The van der Waals surface area contributed by atoms with Crippen LogP contribution in [0.3, 0.4) is 0 Å². The van der Waals surface area contributed by atoms with Gasteiger partial charge in [-0.2, -0.15) is 0 Å². The van der Waals surface area contributed by atoms with Gasteiger partial charge in [-0.1, -0.05) is 6.07 Å². The monoisotopic (exact) mass is 343 g/mol. The fourth-order valence-corrected chi connectivity index (χ4v) is 2.37. The summed E-state index contributed by atoms with van der Waals surface area (Å²) in [5.41, 5.74) is 2.14. The Hall–Kier alpha value is -2.82. The lowest BCUT2D eigenvalue weighted by atomic mass is 10.1.